The van der Waals surface area contributed by atoms with Crippen molar-refractivity contribution in [2.75, 3.05) is 7.11 Å². The Bertz CT molecular complexity index is 862. The zero-order valence-corrected chi connectivity index (χ0v) is 16.1. The second kappa shape index (κ2) is 6.04. The highest BCUT2D eigenvalue weighted by atomic mass is 16.6. The van der Waals surface area contributed by atoms with Crippen LogP contribution in [0.3, 0.4) is 0 Å². The second-order valence-electron chi connectivity index (χ2n) is 8.60. The first kappa shape index (κ1) is 18.9. The predicted octanol–water partition coefficient (Wildman–Crippen LogP) is 1.62. The molecule has 7 heteroatoms. The van der Waals surface area contributed by atoms with Gasteiger partial charge in [0.2, 0.25) is 0 Å². The molecule has 7 nitrogen and oxygen atoms in total. The third kappa shape index (κ3) is 2.42. The second-order valence-corrected chi connectivity index (χ2v) is 8.60. The zero-order chi connectivity index (χ0) is 20.5. The van der Waals surface area contributed by atoms with Gasteiger partial charge in [-0.05, 0) is 25.7 Å². The van der Waals surface area contributed by atoms with Gasteiger partial charge in [0.05, 0.1) is 30.1 Å². The number of carbonyl (C=O) groups is 3. The number of rotatable bonds is 2. The number of aliphatic hydroxyl groups excluding tert-OH is 1. The Kier molecular flexibility index (Phi) is 4.08. The summed E-state index contributed by atoms with van der Waals surface area (Å²) in [5, 5.41) is 21.6. The minimum Gasteiger partial charge on any atom is -0.512 e. The van der Waals surface area contributed by atoms with Crippen molar-refractivity contribution in [1.29, 1.82) is 0 Å². The van der Waals surface area contributed by atoms with Crippen molar-refractivity contribution < 1.29 is 34.1 Å². The van der Waals surface area contributed by atoms with E-state index in [2.05, 4.69) is 6.58 Å². The van der Waals surface area contributed by atoms with Crippen molar-refractivity contribution in [3.05, 3.63) is 35.1 Å². The maximum absolute atomic E-state index is 13.7. The summed E-state index contributed by atoms with van der Waals surface area (Å²) in [6.45, 7) is 7.32. The molecule has 1 saturated heterocycles. The fourth-order valence-corrected chi connectivity index (χ4v) is 5.62. The van der Waals surface area contributed by atoms with Gasteiger partial charge in [0.25, 0.3) is 0 Å². The van der Waals surface area contributed by atoms with E-state index >= 15 is 0 Å². The van der Waals surface area contributed by atoms with E-state index in [1.807, 2.05) is 0 Å². The summed E-state index contributed by atoms with van der Waals surface area (Å²) in [4.78, 5) is 38.7. The van der Waals surface area contributed by atoms with Crippen molar-refractivity contribution >= 4 is 17.7 Å². The molecule has 1 aliphatic heterocycles. The maximum atomic E-state index is 13.7. The van der Waals surface area contributed by atoms with Gasteiger partial charge in [0.1, 0.15) is 17.6 Å². The van der Waals surface area contributed by atoms with Crippen molar-refractivity contribution in [3.63, 3.8) is 0 Å². The van der Waals surface area contributed by atoms with Gasteiger partial charge in [-0.1, -0.05) is 18.2 Å². The van der Waals surface area contributed by atoms with E-state index in [1.165, 1.54) is 7.11 Å². The van der Waals surface area contributed by atoms with Crippen molar-refractivity contribution in [2.45, 2.75) is 38.4 Å². The summed E-state index contributed by atoms with van der Waals surface area (Å²) >= 11 is 0. The Balaban J connectivity index is 1.95. The smallest absolute Gasteiger partial charge is 0.337 e. The molecule has 0 aromatic carbocycles. The molecule has 7 atom stereocenters. The van der Waals surface area contributed by atoms with E-state index in [9.17, 15) is 24.6 Å². The van der Waals surface area contributed by atoms with Crippen LogP contribution in [0.4, 0.5) is 0 Å². The van der Waals surface area contributed by atoms with Gasteiger partial charge in [-0.2, -0.15) is 0 Å². The topological polar surface area (TPSA) is 110 Å². The van der Waals surface area contributed by atoms with E-state index < -0.39 is 47.3 Å². The highest BCUT2D eigenvalue weighted by molar-refractivity contribution is 6.03. The molecule has 0 unspecified atom stereocenters. The fourth-order valence-electron chi connectivity index (χ4n) is 5.62. The maximum Gasteiger partial charge on any atom is 0.337 e. The summed E-state index contributed by atoms with van der Waals surface area (Å²) < 4.78 is 10.3. The summed E-state index contributed by atoms with van der Waals surface area (Å²) in [7, 11) is 1.19. The van der Waals surface area contributed by atoms with Crippen molar-refractivity contribution in [3.8, 4) is 0 Å². The standard InChI is InChI=1S/C21H24O7/c1-8(2)9-6-12(22)16(20(25)27-4)15-10(9)5-11-14-13(28-19(11)24)7-21(3,26)17(14)18(15)23/h5,9-10,13-15,17,22,26H,1,6-7H2,2-4H3/t9-,10-,13+,14+,15-,17-,21-/m1/s1. The predicted molar refractivity (Wildman–Crippen MR) is 96.8 cm³/mol. The Morgan fingerprint density at radius 1 is 1.39 bits per heavy atom. The molecule has 0 aromatic rings. The van der Waals surface area contributed by atoms with Crippen LogP contribution >= 0.6 is 0 Å². The van der Waals surface area contributed by atoms with Gasteiger partial charge >= 0.3 is 11.9 Å². The Morgan fingerprint density at radius 2 is 2.07 bits per heavy atom. The van der Waals surface area contributed by atoms with Gasteiger partial charge in [-0.15, -0.1) is 0 Å². The fraction of sp³-hybridized carbons (Fsp3) is 0.571. The number of ether oxygens (including phenoxy) is 2. The van der Waals surface area contributed by atoms with Crippen LogP contribution in [0.25, 0.3) is 0 Å². The molecule has 150 valence electrons. The number of methoxy groups -OCH3 is 1. The SMILES string of the molecule is C=C(C)[C@H]1CC(O)=C(C(=O)OC)[C@@H]2C(=O)[C@H]3[C@H]4C(=C[C@@H]21)C(=O)O[C@H]4C[C@@]3(C)O. The first-order chi connectivity index (χ1) is 13.1. The highest BCUT2D eigenvalue weighted by Gasteiger charge is 2.64. The number of hydrogen-bond donors (Lipinski definition) is 2. The van der Waals surface area contributed by atoms with Gasteiger partial charge in [0.15, 0.2) is 0 Å². The van der Waals surface area contributed by atoms with Gasteiger partial charge in [-0.25, -0.2) is 9.59 Å². The third-order valence-corrected chi connectivity index (χ3v) is 6.81. The van der Waals surface area contributed by atoms with Crippen LogP contribution in [0.2, 0.25) is 0 Å². The normalized spacial score (nSPS) is 41.6. The van der Waals surface area contributed by atoms with Crippen LogP contribution < -0.4 is 0 Å². The number of allylic oxidation sites excluding steroid dienone is 3. The molecule has 0 radical (unpaired) electrons. The van der Waals surface area contributed by atoms with Crippen molar-refractivity contribution in [1.82, 2.24) is 0 Å². The van der Waals surface area contributed by atoms with Crippen LogP contribution in [-0.2, 0) is 23.9 Å². The lowest BCUT2D eigenvalue weighted by Crippen LogP contribution is -2.45. The van der Waals surface area contributed by atoms with E-state index in [0.717, 1.165) is 5.57 Å². The van der Waals surface area contributed by atoms with Crippen LogP contribution in [0.5, 0.6) is 0 Å². The number of aliphatic hydroxyl groups is 2. The van der Waals surface area contributed by atoms with E-state index in [0.29, 0.717) is 5.57 Å². The average molecular weight is 388 g/mol. The third-order valence-electron chi connectivity index (χ3n) is 6.81. The number of fused-ring (bicyclic) bond motifs is 1. The summed E-state index contributed by atoms with van der Waals surface area (Å²) in [6.07, 6.45) is 1.43. The molecule has 3 aliphatic carbocycles. The number of carbonyl (C=O) groups excluding carboxylic acids is 3. The number of esters is 2. The summed E-state index contributed by atoms with van der Waals surface area (Å²) in [6, 6.07) is 0. The lowest BCUT2D eigenvalue weighted by atomic mass is 9.65. The largest absolute Gasteiger partial charge is 0.512 e. The lowest BCUT2D eigenvalue weighted by Gasteiger charge is -2.38. The van der Waals surface area contributed by atoms with Gasteiger partial charge in [0, 0.05) is 24.3 Å². The minimum atomic E-state index is -1.38. The molecule has 28 heavy (non-hydrogen) atoms. The van der Waals surface area contributed by atoms with Crippen molar-refractivity contribution in [2.24, 2.45) is 29.6 Å². The average Bonchev–Trinajstić information content (AvgIpc) is 2.96. The number of ketones is 1. The van der Waals surface area contributed by atoms with E-state index in [4.69, 9.17) is 9.47 Å². The molecule has 4 rings (SSSR count). The molecule has 0 amide bonds. The molecule has 0 bridgehead atoms. The molecule has 1 heterocycles. The Morgan fingerprint density at radius 3 is 2.68 bits per heavy atom. The van der Waals surface area contributed by atoms with Crippen LogP contribution in [-0.4, -0.2) is 46.7 Å². The van der Waals surface area contributed by atoms with Crippen LogP contribution in [0, 0.1) is 29.6 Å². The summed E-state index contributed by atoms with van der Waals surface area (Å²) in [5.74, 6) is -5.16. The molecule has 1 saturated carbocycles. The highest BCUT2D eigenvalue weighted by Crippen LogP contribution is 2.56. The molecule has 4 aliphatic rings. The number of hydrogen-bond acceptors (Lipinski definition) is 7. The molecule has 2 fully saturated rings. The number of Topliss-reactive ketones (excluding diaryl/α,β-unsaturated/α-hetero) is 1. The lowest BCUT2D eigenvalue weighted by molar-refractivity contribution is -0.143. The molecule has 2 N–H and O–H groups in total. The first-order valence-electron chi connectivity index (χ1n) is 9.43. The minimum absolute atomic E-state index is 0.0839. The molecule has 0 spiro atoms. The Hall–Kier alpha value is -2.41. The molecular formula is C21H24O7. The molecule has 0 aromatic heterocycles. The van der Waals surface area contributed by atoms with E-state index in [-0.39, 0.29) is 35.9 Å². The quantitative estimate of drug-likeness (QED) is 0.546. The first-order valence-corrected chi connectivity index (χ1v) is 9.43. The molecular weight excluding hydrogens is 364 g/mol. The van der Waals surface area contributed by atoms with Gasteiger partial charge in [-0.3, -0.25) is 4.79 Å². The van der Waals surface area contributed by atoms with E-state index in [1.54, 1.807) is 19.9 Å². The zero-order valence-electron chi connectivity index (χ0n) is 16.1. The summed E-state index contributed by atoms with van der Waals surface area (Å²) in [5.41, 5.74) is -0.351. The van der Waals surface area contributed by atoms with Gasteiger partial charge < -0.3 is 19.7 Å². The van der Waals surface area contributed by atoms with Crippen LogP contribution in [0.15, 0.2) is 35.1 Å². The Labute approximate surface area is 162 Å². The van der Waals surface area contributed by atoms with Crippen LogP contribution in [0.1, 0.15) is 26.7 Å². The monoisotopic (exact) mass is 388 g/mol.